The summed E-state index contributed by atoms with van der Waals surface area (Å²) in [5.74, 6) is 0.634. The van der Waals surface area contributed by atoms with Gasteiger partial charge in [-0.15, -0.1) is 0 Å². The van der Waals surface area contributed by atoms with E-state index in [1.807, 2.05) is 35.0 Å². The van der Waals surface area contributed by atoms with Crippen molar-refractivity contribution in [3.05, 3.63) is 64.5 Å². The van der Waals surface area contributed by atoms with Gasteiger partial charge in [-0.2, -0.15) is 0 Å². The highest BCUT2D eigenvalue weighted by atomic mass is 35.5. The summed E-state index contributed by atoms with van der Waals surface area (Å²) in [7, 11) is 0. The van der Waals surface area contributed by atoms with Crippen LogP contribution in [0.25, 0.3) is 5.65 Å². The van der Waals surface area contributed by atoms with Crippen molar-refractivity contribution in [3.63, 3.8) is 0 Å². The van der Waals surface area contributed by atoms with Gasteiger partial charge in [-0.1, -0.05) is 29.3 Å². The van der Waals surface area contributed by atoms with Gasteiger partial charge in [0.25, 0.3) is 0 Å². The van der Waals surface area contributed by atoms with E-state index in [0.717, 1.165) is 11.3 Å². The van der Waals surface area contributed by atoms with Crippen LogP contribution in [0.4, 0.5) is 0 Å². The second-order valence-corrected chi connectivity index (χ2v) is 4.97. The van der Waals surface area contributed by atoms with Gasteiger partial charge in [0.2, 0.25) is 0 Å². The third-order valence-corrected chi connectivity index (χ3v) is 3.07. The lowest BCUT2D eigenvalue weighted by molar-refractivity contribution is 0.302. The van der Waals surface area contributed by atoms with Crippen molar-refractivity contribution in [1.29, 1.82) is 0 Å². The largest absolute Gasteiger partial charge is 0.487 e. The van der Waals surface area contributed by atoms with Crippen molar-refractivity contribution in [3.8, 4) is 5.75 Å². The van der Waals surface area contributed by atoms with Crippen LogP contribution < -0.4 is 4.74 Å². The van der Waals surface area contributed by atoms with Crippen LogP contribution in [0.2, 0.25) is 10.0 Å². The molecule has 19 heavy (non-hydrogen) atoms. The third kappa shape index (κ3) is 2.83. The zero-order valence-electron chi connectivity index (χ0n) is 9.88. The Morgan fingerprint density at radius 3 is 2.63 bits per heavy atom. The lowest BCUT2D eigenvalue weighted by atomic mass is 10.3. The maximum Gasteiger partial charge on any atom is 0.137 e. The van der Waals surface area contributed by atoms with Gasteiger partial charge in [-0.05, 0) is 30.3 Å². The van der Waals surface area contributed by atoms with Gasteiger partial charge in [-0.3, -0.25) is 0 Å². The molecule has 0 amide bonds. The molecule has 0 aliphatic rings. The van der Waals surface area contributed by atoms with E-state index in [1.54, 1.807) is 18.2 Å². The first-order valence-electron chi connectivity index (χ1n) is 5.72. The summed E-state index contributed by atoms with van der Waals surface area (Å²) in [6.45, 7) is 0.373. The Bertz CT molecular complexity index is 671. The van der Waals surface area contributed by atoms with Gasteiger partial charge in [0.15, 0.2) is 0 Å². The Labute approximate surface area is 120 Å². The minimum absolute atomic E-state index is 0.373. The van der Waals surface area contributed by atoms with Crippen molar-refractivity contribution >= 4 is 28.8 Å². The summed E-state index contributed by atoms with van der Waals surface area (Å²) in [5, 5.41) is 1.11. The summed E-state index contributed by atoms with van der Waals surface area (Å²) < 4.78 is 7.59. The molecule has 2 heterocycles. The summed E-state index contributed by atoms with van der Waals surface area (Å²) in [4.78, 5) is 4.44. The first-order valence-corrected chi connectivity index (χ1v) is 6.48. The summed E-state index contributed by atoms with van der Waals surface area (Å²) in [5.41, 5.74) is 1.74. The number of fused-ring (bicyclic) bond motifs is 1. The maximum absolute atomic E-state index is 5.91. The molecule has 0 radical (unpaired) electrons. The number of hydrogen-bond donors (Lipinski definition) is 0. The fourth-order valence-electron chi connectivity index (χ4n) is 1.83. The SMILES string of the molecule is Clc1cc(Cl)cc(OCc2cn3ccccc3n2)c1. The fourth-order valence-corrected chi connectivity index (χ4v) is 2.33. The van der Waals surface area contributed by atoms with E-state index in [-0.39, 0.29) is 0 Å². The molecule has 5 heteroatoms. The standard InChI is InChI=1S/C14H10Cl2N2O/c15-10-5-11(16)7-13(6-10)19-9-12-8-18-4-2-1-3-14(18)17-12/h1-8H,9H2. The Morgan fingerprint density at radius 2 is 1.89 bits per heavy atom. The summed E-state index contributed by atoms with van der Waals surface area (Å²) >= 11 is 11.8. The predicted molar refractivity (Wildman–Crippen MR) is 76.0 cm³/mol. The zero-order chi connectivity index (χ0) is 13.2. The van der Waals surface area contributed by atoms with Crippen LogP contribution in [0.15, 0.2) is 48.8 Å². The highest BCUT2D eigenvalue weighted by Crippen LogP contribution is 2.24. The quantitative estimate of drug-likeness (QED) is 0.722. The lowest BCUT2D eigenvalue weighted by Crippen LogP contribution is -1.95. The first kappa shape index (κ1) is 12.3. The number of hydrogen-bond acceptors (Lipinski definition) is 2. The van der Waals surface area contributed by atoms with Crippen molar-refractivity contribution in [2.24, 2.45) is 0 Å². The van der Waals surface area contributed by atoms with Gasteiger partial charge in [0.1, 0.15) is 18.0 Å². The van der Waals surface area contributed by atoms with E-state index < -0.39 is 0 Å². The third-order valence-electron chi connectivity index (χ3n) is 2.64. The van der Waals surface area contributed by atoms with Crippen molar-refractivity contribution in [2.75, 3.05) is 0 Å². The molecule has 0 aliphatic heterocycles. The molecule has 0 bridgehead atoms. The van der Waals surface area contributed by atoms with Crippen LogP contribution in [0.3, 0.4) is 0 Å². The highest BCUT2D eigenvalue weighted by molar-refractivity contribution is 6.34. The number of imidazole rings is 1. The molecule has 0 fully saturated rings. The van der Waals surface area contributed by atoms with Crippen LogP contribution in [0.5, 0.6) is 5.75 Å². The Balaban J connectivity index is 1.78. The van der Waals surface area contributed by atoms with E-state index in [1.165, 1.54) is 0 Å². The molecule has 2 aromatic heterocycles. The minimum atomic E-state index is 0.373. The summed E-state index contributed by atoms with van der Waals surface area (Å²) in [6, 6.07) is 11.0. The number of halogens is 2. The van der Waals surface area contributed by atoms with E-state index >= 15 is 0 Å². The molecule has 0 aliphatic carbocycles. The molecule has 0 spiro atoms. The van der Waals surface area contributed by atoms with E-state index in [0.29, 0.717) is 22.4 Å². The molecular formula is C14H10Cl2N2O. The van der Waals surface area contributed by atoms with Gasteiger partial charge in [0, 0.05) is 22.4 Å². The van der Waals surface area contributed by atoms with Crippen molar-refractivity contribution in [1.82, 2.24) is 9.38 Å². The van der Waals surface area contributed by atoms with E-state index in [2.05, 4.69) is 4.98 Å². The van der Waals surface area contributed by atoms with Crippen LogP contribution in [-0.2, 0) is 6.61 Å². The Kier molecular flexibility index (Phi) is 3.32. The molecule has 1 aromatic carbocycles. The van der Waals surface area contributed by atoms with Crippen molar-refractivity contribution < 1.29 is 4.74 Å². The topological polar surface area (TPSA) is 26.5 Å². The van der Waals surface area contributed by atoms with Crippen LogP contribution in [-0.4, -0.2) is 9.38 Å². The molecule has 3 rings (SSSR count). The normalized spacial score (nSPS) is 10.8. The Hall–Kier alpha value is -1.71. The maximum atomic E-state index is 5.91. The first-order chi connectivity index (χ1) is 9.20. The lowest BCUT2D eigenvalue weighted by Gasteiger charge is -2.05. The van der Waals surface area contributed by atoms with E-state index in [9.17, 15) is 0 Å². The predicted octanol–water partition coefficient (Wildman–Crippen LogP) is 4.22. The van der Waals surface area contributed by atoms with Gasteiger partial charge >= 0.3 is 0 Å². The minimum Gasteiger partial charge on any atom is -0.487 e. The average molecular weight is 293 g/mol. The van der Waals surface area contributed by atoms with Crippen LogP contribution in [0.1, 0.15) is 5.69 Å². The molecule has 3 nitrogen and oxygen atoms in total. The second kappa shape index (κ2) is 5.11. The molecular weight excluding hydrogens is 283 g/mol. The monoisotopic (exact) mass is 292 g/mol. The van der Waals surface area contributed by atoms with Gasteiger partial charge in [-0.25, -0.2) is 4.98 Å². The Morgan fingerprint density at radius 1 is 1.11 bits per heavy atom. The summed E-state index contributed by atoms with van der Waals surface area (Å²) in [6.07, 6.45) is 3.88. The smallest absolute Gasteiger partial charge is 0.137 e. The number of aromatic nitrogens is 2. The highest BCUT2D eigenvalue weighted by Gasteiger charge is 2.03. The number of nitrogens with zero attached hydrogens (tertiary/aromatic N) is 2. The molecule has 0 N–H and O–H groups in total. The molecule has 96 valence electrons. The molecule has 0 saturated carbocycles. The molecule has 0 atom stereocenters. The van der Waals surface area contributed by atoms with Gasteiger partial charge in [0.05, 0.1) is 5.69 Å². The van der Waals surface area contributed by atoms with Gasteiger partial charge < -0.3 is 9.14 Å². The molecule has 3 aromatic rings. The second-order valence-electron chi connectivity index (χ2n) is 4.09. The number of pyridine rings is 1. The average Bonchev–Trinajstić information content (AvgIpc) is 2.78. The van der Waals surface area contributed by atoms with Crippen LogP contribution >= 0.6 is 23.2 Å². The molecule has 0 saturated heterocycles. The zero-order valence-corrected chi connectivity index (χ0v) is 11.4. The number of ether oxygens (including phenoxy) is 1. The van der Waals surface area contributed by atoms with E-state index in [4.69, 9.17) is 27.9 Å². The van der Waals surface area contributed by atoms with Crippen molar-refractivity contribution in [2.45, 2.75) is 6.61 Å². The molecule has 0 unspecified atom stereocenters. The number of rotatable bonds is 3. The fraction of sp³-hybridized carbons (Fsp3) is 0.0714. The van der Waals surface area contributed by atoms with Crippen LogP contribution in [0, 0.1) is 0 Å². The number of benzene rings is 1.